The lowest BCUT2D eigenvalue weighted by atomic mass is 10.0. The summed E-state index contributed by atoms with van der Waals surface area (Å²) in [4.78, 5) is 22.2. The second-order valence-corrected chi connectivity index (χ2v) is 4.51. The molecule has 0 radical (unpaired) electrons. The molecule has 1 amide bonds. The Kier molecular flexibility index (Phi) is 1.96. The Morgan fingerprint density at radius 3 is 2.88 bits per heavy atom. The molecule has 1 aromatic heterocycles. The van der Waals surface area contributed by atoms with Crippen LogP contribution in [0.25, 0.3) is 10.9 Å². The van der Waals surface area contributed by atoms with Gasteiger partial charge in [-0.2, -0.15) is 0 Å². The summed E-state index contributed by atoms with van der Waals surface area (Å²) in [5.41, 5.74) is 2.93. The lowest BCUT2D eigenvalue weighted by molar-refractivity contribution is -0.118. The molecule has 1 unspecified atom stereocenters. The van der Waals surface area contributed by atoms with Gasteiger partial charge >= 0.3 is 0 Å². The van der Waals surface area contributed by atoms with Crippen molar-refractivity contribution in [1.29, 1.82) is 0 Å². The minimum atomic E-state index is -0.0688. The van der Waals surface area contributed by atoms with E-state index >= 15 is 0 Å². The zero-order chi connectivity index (χ0) is 12.2. The summed E-state index contributed by atoms with van der Waals surface area (Å²) in [5, 5.41) is 0.990. The van der Waals surface area contributed by atoms with E-state index in [-0.39, 0.29) is 11.8 Å². The maximum atomic E-state index is 11.9. The van der Waals surface area contributed by atoms with Crippen molar-refractivity contribution in [2.75, 3.05) is 11.9 Å². The number of aryl methyl sites for hydroxylation is 1. The molecule has 1 aliphatic rings. The first-order chi connectivity index (χ1) is 8.08. The topological polar surface area (TPSA) is 46.1 Å². The van der Waals surface area contributed by atoms with Gasteiger partial charge in [0.05, 0.1) is 11.4 Å². The number of carbonyl (C=O) groups is 1. The summed E-state index contributed by atoms with van der Waals surface area (Å²) >= 11 is 0. The number of likely N-dealkylation sites (N-methyl/N-ethyl adjacent to an activating group) is 1. The van der Waals surface area contributed by atoms with E-state index in [0.29, 0.717) is 0 Å². The maximum Gasteiger partial charge on any atom is 0.234 e. The van der Waals surface area contributed by atoms with Crippen LogP contribution in [0.4, 0.5) is 5.69 Å². The van der Waals surface area contributed by atoms with Gasteiger partial charge in [-0.25, -0.2) is 9.97 Å². The Bertz CT molecular complexity index is 636. The smallest absolute Gasteiger partial charge is 0.234 e. The standard InChI is InChI=1S/C13H13N3O/c1-7-10-4-9-6-14-8(2)15-11(9)5-12(10)16(3)13(7)17/h4-7H,1-3H3. The number of nitrogens with zero attached hydrogens (tertiary/aromatic N) is 3. The molecular weight excluding hydrogens is 214 g/mol. The highest BCUT2D eigenvalue weighted by Gasteiger charge is 2.32. The average molecular weight is 227 g/mol. The van der Waals surface area contributed by atoms with Gasteiger partial charge in [-0.15, -0.1) is 0 Å². The van der Waals surface area contributed by atoms with Gasteiger partial charge in [-0.3, -0.25) is 4.79 Å². The first-order valence-corrected chi connectivity index (χ1v) is 5.63. The third-order valence-corrected chi connectivity index (χ3v) is 3.38. The molecule has 86 valence electrons. The molecule has 3 rings (SSSR count). The van der Waals surface area contributed by atoms with Gasteiger partial charge in [0.25, 0.3) is 0 Å². The van der Waals surface area contributed by atoms with E-state index in [1.807, 2.05) is 39.2 Å². The summed E-state index contributed by atoms with van der Waals surface area (Å²) in [5.74, 6) is 0.818. The maximum absolute atomic E-state index is 11.9. The second kappa shape index (κ2) is 3.26. The number of benzene rings is 1. The lowest BCUT2D eigenvalue weighted by Crippen LogP contribution is -2.22. The highest BCUT2D eigenvalue weighted by molar-refractivity contribution is 6.06. The fraction of sp³-hybridized carbons (Fsp3) is 0.308. The van der Waals surface area contributed by atoms with Crippen LogP contribution in [0, 0.1) is 6.92 Å². The van der Waals surface area contributed by atoms with Crippen molar-refractivity contribution in [3.63, 3.8) is 0 Å². The molecule has 0 bridgehead atoms. The van der Waals surface area contributed by atoms with Crippen molar-refractivity contribution in [2.45, 2.75) is 19.8 Å². The summed E-state index contributed by atoms with van der Waals surface area (Å²) in [6.45, 7) is 3.80. The summed E-state index contributed by atoms with van der Waals surface area (Å²) < 4.78 is 0. The van der Waals surface area contributed by atoms with E-state index in [9.17, 15) is 4.79 Å². The van der Waals surface area contributed by atoms with Crippen LogP contribution in [0.1, 0.15) is 24.2 Å². The van der Waals surface area contributed by atoms with Crippen molar-refractivity contribution in [3.05, 3.63) is 29.7 Å². The van der Waals surface area contributed by atoms with Crippen LogP contribution < -0.4 is 4.90 Å². The molecule has 0 aliphatic carbocycles. The number of rotatable bonds is 0. The normalized spacial score (nSPS) is 18.9. The fourth-order valence-electron chi connectivity index (χ4n) is 2.36. The molecule has 4 nitrogen and oxygen atoms in total. The fourth-order valence-corrected chi connectivity index (χ4v) is 2.36. The average Bonchev–Trinajstić information content (AvgIpc) is 2.52. The van der Waals surface area contributed by atoms with E-state index in [4.69, 9.17) is 0 Å². The lowest BCUT2D eigenvalue weighted by Gasteiger charge is -2.10. The van der Waals surface area contributed by atoms with Crippen LogP contribution in [0.5, 0.6) is 0 Å². The Morgan fingerprint density at radius 2 is 2.12 bits per heavy atom. The molecule has 1 aromatic carbocycles. The summed E-state index contributed by atoms with van der Waals surface area (Å²) in [6.07, 6.45) is 1.81. The highest BCUT2D eigenvalue weighted by Crippen LogP contribution is 2.38. The van der Waals surface area contributed by atoms with Gasteiger partial charge in [-0.1, -0.05) is 0 Å². The SMILES string of the molecule is Cc1ncc2cc3c(cc2n1)N(C)C(=O)C3C. The Labute approximate surface area is 99.3 Å². The van der Waals surface area contributed by atoms with E-state index in [2.05, 4.69) is 9.97 Å². The van der Waals surface area contributed by atoms with Gasteiger partial charge in [0, 0.05) is 24.3 Å². The molecule has 1 atom stereocenters. The Balaban J connectivity index is 2.32. The zero-order valence-electron chi connectivity index (χ0n) is 10.1. The molecule has 17 heavy (non-hydrogen) atoms. The van der Waals surface area contributed by atoms with Crippen LogP contribution in [0.15, 0.2) is 18.3 Å². The van der Waals surface area contributed by atoms with Crippen molar-refractivity contribution in [3.8, 4) is 0 Å². The number of amides is 1. The number of anilines is 1. The van der Waals surface area contributed by atoms with E-state index < -0.39 is 0 Å². The molecule has 0 spiro atoms. The van der Waals surface area contributed by atoms with Gasteiger partial charge < -0.3 is 4.90 Å². The summed E-state index contributed by atoms with van der Waals surface area (Å²) in [6, 6.07) is 4.00. The van der Waals surface area contributed by atoms with Crippen molar-refractivity contribution >= 4 is 22.5 Å². The third kappa shape index (κ3) is 1.33. The number of fused-ring (bicyclic) bond motifs is 2. The largest absolute Gasteiger partial charge is 0.315 e. The van der Waals surface area contributed by atoms with Crippen LogP contribution in [-0.2, 0) is 4.79 Å². The van der Waals surface area contributed by atoms with E-state index in [0.717, 1.165) is 28.0 Å². The van der Waals surface area contributed by atoms with Gasteiger partial charge in [0.15, 0.2) is 0 Å². The molecule has 4 heteroatoms. The minimum absolute atomic E-state index is 0.0688. The number of aromatic nitrogens is 2. The quantitative estimate of drug-likeness (QED) is 0.691. The molecule has 0 N–H and O–H groups in total. The van der Waals surface area contributed by atoms with Crippen molar-refractivity contribution in [1.82, 2.24) is 9.97 Å². The van der Waals surface area contributed by atoms with Gasteiger partial charge in [-0.05, 0) is 31.5 Å². The minimum Gasteiger partial charge on any atom is -0.315 e. The monoisotopic (exact) mass is 227 g/mol. The van der Waals surface area contributed by atoms with Crippen LogP contribution in [0.2, 0.25) is 0 Å². The number of hydrogen-bond acceptors (Lipinski definition) is 3. The molecule has 2 aromatic rings. The van der Waals surface area contributed by atoms with Gasteiger partial charge in [0.2, 0.25) is 5.91 Å². The zero-order valence-corrected chi connectivity index (χ0v) is 10.1. The molecule has 0 saturated carbocycles. The van der Waals surface area contributed by atoms with Crippen LogP contribution in [-0.4, -0.2) is 22.9 Å². The first kappa shape index (κ1) is 10.2. The van der Waals surface area contributed by atoms with Crippen molar-refractivity contribution in [2.24, 2.45) is 0 Å². The summed E-state index contributed by atoms with van der Waals surface area (Å²) in [7, 11) is 1.81. The Hall–Kier alpha value is -1.97. The van der Waals surface area contributed by atoms with E-state index in [1.54, 1.807) is 4.90 Å². The molecular formula is C13H13N3O. The predicted octanol–water partition coefficient (Wildman–Crippen LogP) is 2.02. The number of hydrogen-bond donors (Lipinski definition) is 0. The molecule has 0 saturated heterocycles. The van der Waals surface area contributed by atoms with Crippen LogP contribution in [0.3, 0.4) is 0 Å². The first-order valence-electron chi connectivity index (χ1n) is 5.63. The molecule has 0 fully saturated rings. The second-order valence-electron chi connectivity index (χ2n) is 4.51. The van der Waals surface area contributed by atoms with Crippen LogP contribution >= 0.6 is 0 Å². The van der Waals surface area contributed by atoms with E-state index in [1.165, 1.54) is 0 Å². The van der Waals surface area contributed by atoms with Crippen molar-refractivity contribution < 1.29 is 4.79 Å². The molecule has 1 aliphatic heterocycles. The van der Waals surface area contributed by atoms with Gasteiger partial charge in [0.1, 0.15) is 5.82 Å². The molecule has 2 heterocycles. The number of carbonyl (C=O) groups excluding carboxylic acids is 1. The Morgan fingerprint density at radius 1 is 1.35 bits per heavy atom. The third-order valence-electron chi connectivity index (χ3n) is 3.38. The highest BCUT2D eigenvalue weighted by atomic mass is 16.2. The predicted molar refractivity (Wildman–Crippen MR) is 66.1 cm³/mol.